The van der Waals surface area contributed by atoms with Gasteiger partial charge < -0.3 is 36.1 Å². The molecule has 1 aliphatic rings. The van der Waals surface area contributed by atoms with Crippen molar-refractivity contribution in [2.75, 3.05) is 36.5 Å². The molecule has 5 N–H and O–H groups in total. The fourth-order valence-electron chi connectivity index (χ4n) is 2.58. The van der Waals surface area contributed by atoms with Gasteiger partial charge in [0.2, 0.25) is 5.91 Å². The van der Waals surface area contributed by atoms with Crippen molar-refractivity contribution in [2.45, 2.75) is 19.6 Å². The molecule has 1 aliphatic heterocycles. The fraction of sp³-hybridized carbons (Fsp3) is 0.412. The molecule has 13 heteroatoms. The van der Waals surface area contributed by atoms with Crippen molar-refractivity contribution < 1.29 is 37.4 Å². The van der Waals surface area contributed by atoms with Crippen LogP contribution in [0.3, 0.4) is 0 Å². The summed E-state index contributed by atoms with van der Waals surface area (Å²) in [7, 11) is 0. The Hall–Kier alpha value is -3.48. The zero-order valence-corrected chi connectivity index (χ0v) is 15.9. The maximum Gasteiger partial charge on any atom is 0.387 e. The first-order valence-corrected chi connectivity index (χ1v) is 8.84. The molecule has 1 aromatic rings. The van der Waals surface area contributed by atoms with E-state index in [0.29, 0.717) is 0 Å². The van der Waals surface area contributed by atoms with Crippen LogP contribution in [-0.2, 0) is 19.1 Å². The van der Waals surface area contributed by atoms with Crippen LogP contribution in [0.25, 0.3) is 0 Å². The van der Waals surface area contributed by atoms with Crippen molar-refractivity contribution in [1.82, 2.24) is 10.6 Å². The molecule has 164 valence electrons. The third-order valence-electron chi connectivity index (χ3n) is 3.90. The molecule has 5 amide bonds. The third-order valence-corrected chi connectivity index (χ3v) is 3.90. The quantitative estimate of drug-likeness (QED) is 0.419. The van der Waals surface area contributed by atoms with Crippen molar-refractivity contribution in [2.24, 2.45) is 5.73 Å². The number of carbonyl (C=O) groups excluding carboxylic acids is 4. The predicted octanol–water partition coefficient (Wildman–Crippen LogP) is -0.237. The molecule has 30 heavy (non-hydrogen) atoms. The maximum atomic E-state index is 12.9. The van der Waals surface area contributed by atoms with E-state index in [1.54, 1.807) is 6.92 Å². The van der Waals surface area contributed by atoms with Gasteiger partial charge in [0.15, 0.2) is 11.8 Å². The number of carbonyl (C=O) groups is 4. The molecule has 1 fully saturated rings. The van der Waals surface area contributed by atoms with Crippen LogP contribution in [0.15, 0.2) is 18.2 Å². The van der Waals surface area contributed by atoms with Gasteiger partial charge in [-0.05, 0) is 19.1 Å². The molecule has 2 rings (SSSR count). The summed E-state index contributed by atoms with van der Waals surface area (Å²) in [6, 6.07) is 1.17. The lowest BCUT2D eigenvalue weighted by atomic mass is 10.2. The highest BCUT2D eigenvalue weighted by Gasteiger charge is 2.28. The minimum absolute atomic E-state index is 0.157. The number of nitrogens with one attached hydrogen (secondary N) is 3. The number of hydrogen-bond donors (Lipinski definition) is 4. The van der Waals surface area contributed by atoms with Crippen molar-refractivity contribution >= 4 is 35.1 Å². The third kappa shape index (κ3) is 6.01. The second kappa shape index (κ2) is 10.3. The predicted molar refractivity (Wildman–Crippen MR) is 100 cm³/mol. The second-order valence-corrected chi connectivity index (χ2v) is 5.99. The van der Waals surface area contributed by atoms with E-state index in [1.807, 2.05) is 0 Å². The molecule has 1 atom stereocenters. The lowest BCUT2D eigenvalue weighted by Crippen LogP contribution is -2.54. The monoisotopic (exact) mass is 429 g/mol. The van der Waals surface area contributed by atoms with E-state index in [1.165, 1.54) is 17.0 Å². The number of ether oxygens (including phenoxy) is 2. The molecule has 1 aromatic carbocycles. The molecule has 0 spiro atoms. The van der Waals surface area contributed by atoms with Crippen LogP contribution < -0.4 is 31.3 Å². The lowest BCUT2D eigenvalue weighted by Gasteiger charge is -2.27. The number of amides is 5. The van der Waals surface area contributed by atoms with E-state index in [9.17, 15) is 28.0 Å². The number of hydrogen-bond acceptors (Lipinski definition) is 6. The molecular formula is C17H21F2N5O6. The molecule has 0 aliphatic carbocycles. The molecule has 1 heterocycles. The van der Waals surface area contributed by atoms with Crippen LogP contribution in [0.2, 0.25) is 0 Å². The summed E-state index contributed by atoms with van der Waals surface area (Å²) in [5.74, 6) is -3.05. The van der Waals surface area contributed by atoms with E-state index in [2.05, 4.69) is 20.7 Å². The Bertz CT molecular complexity index is 822. The van der Waals surface area contributed by atoms with E-state index < -0.39 is 36.2 Å². The Morgan fingerprint density at radius 2 is 2.07 bits per heavy atom. The van der Waals surface area contributed by atoms with Gasteiger partial charge in [-0.1, -0.05) is 0 Å². The number of benzene rings is 1. The fourth-order valence-corrected chi connectivity index (χ4v) is 2.58. The molecule has 0 saturated carbocycles. The Morgan fingerprint density at radius 3 is 2.67 bits per heavy atom. The number of nitrogens with two attached hydrogens (primary N) is 1. The number of rotatable bonds is 8. The Kier molecular flexibility index (Phi) is 7.86. The zero-order valence-electron chi connectivity index (χ0n) is 15.9. The van der Waals surface area contributed by atoms with Gasteiger partial charge in [-0.15, -0.1) is 0 Å². The summed E-state index contributed by atoms with van der Waals surface area (Å²) in [5.41, 5.74) is 5.18. The van der Waals surface area contributed by atoms with Crippen LogP contribution in [0.4, 0.5) is 25.0 Å². The lowest BCUT2D eigenvalue weighted by molar-refractivity contribution is -0.128. The van der Waals surface area contributed by atoms with Crippen LogP contribution in [0.5, 0.6) is 5.75 Å². The van der Waals surface area contributed by atoms with Crippen LogP contribution >= 0.6 is 0 Å². The first kappa shape index (κ1) is 22.8. The standard InChI is InChI=1S/C17H21F2N5O6/c1-2-21-17(28)23-13(14(20)26)15(27)22-10-4-3-9(7-11(10)30-16(18)19)24-5-6-29-8-12(24)25/h3-4,7,13,16H,2,5-6,8H2,1H3,(H2,20,26)(H,22,27)(H2,21,23,28)/t13-/m1/s1. The average Bonchev–Trinajstić information content (AvgIpc) is 2.67. The summed E-state index contributed by atoms with van der Waals surface area (Å²) >= 11 is 0. The highest BCUT2D eigenvalue weighted by atomic mass is 19.3. The maximum absolute atomic E-state index is 12.9. The second-order valence-electron chi connectivity index (χ2n) is 5.99. The number of primary amides is 1. The SMILES string of the molecule is CCNC(=O)N[C@H](C(N)=O)C(=O)Nc1ccc(N2CCOCC2=O)cc1OC(F)F. The average molecular weight is 429 g/mol. The molecule has 0 unspecified atom stereocenters. The highest BCUT2D eigenvalue weighted by molar-refractivity contribution is 6.12. The van der Waals surface area contributed by atoms with Gasteiger partial charge >= 0.3 is 12.6 Å². The first-order valence-electron chi connectivity index (χ1n) is 8.84. The van der Waals surface area contributed by atoms with Crippen molar-refractivity contribution in [1.29, 1.82) is 0 Å². The van der Waals surface area contributed by atoms with E-state index in [4.69, 9.17) is 10.5 Å². The van der Waals surface area contributed by atoms with Gasteiger partial charge in [-0.3, -0.25) is 14.4 Å². The van der Waals surface area contributed by atoms with Gasteiger partial charge in [0.1, 0.15) is 6.61 Å². The van der Waals surface area contributed by atoms with Crippen LogP contribution in [-0.4, -0.2) is 62.7 Å². The van der Waals surface area contributed by atoms with Crippen LogP contribution in [0, 0.1) is 0 Å². The number of anilines is 2. The smallest absolute Gasteiger partial charge is 0.387 e. The van der Waals surface area contributed by atoms with Crippen molar-refractivity contribution in [3.8, 4) is 5.75 Å². The van der Waals surface area contributed by atoms with Gasteiger partial charge in [0, 0.05) is 24.8 Å². The van der Waals surface area contributed by atoms with Crippen molar-refractivity contribution in [3.05, 3.63) is 18.2 Å². The van der Waals surface area contributed by atoms with Gasteiger partial charge in [0.25, 0.3) is 11.8 Å². The molecule has 0 bridgehead atoms. The molecule has 0 radical (unpaired) electrons. The largest absolute Gasteiger partial charge is 0.433 e. The minimum Gasteiger partial charge on any atom is -0.433 e. The molecule has 0 aromatic heterocycles. The van der Waals surface area contributed by atoms with Gasteiger partial charge in [-0.2, -0.15) is 8.78 Å². The molecule has 1 saturated heterocycles. The Morgan fingerprint density at radius 1 is 1.33 bits per heavy atom. The zero-order chi connectivity index (χ0) is 22.3. The van der Waals surface area contributed by atoms with E-state index >= 15 is 0 Å². The normalized spacial score (nSPS) is 14.8. The minimum atomic E-state index is -3.23. The summed E-state index contributed by atoms with van der Waals surface area (Å²) < 4.78 is 35.2. The Labute approximate surface area is 169 Å². The number of urea groups is 1. The van der Waals surface area contributed by atoms with Crippen LogP contribution in [0.1, 0.15) is 6.92 Å². The highest BCUT2D eigenvalue weighted by Crippen LogP contribution is 2.32. The van der Waals surface area contributed by atoms with E-state index in [0.717, 1.165) is 6.07 Å². The first-order chi connectivity index (χ1) is 14.2. The summed E-state index contributed by atoms with van der Waals surface area (Å²) in [6.07, 6.45) is 0. The molecule has 11 nitrogen and oxygen atoms in total. The van der Waals surface area contributed by atoms with E-state index in [-0.39, 0.29) is 43.6 Å². The van der Waals surface area contributed by atoms with Gasteiger partial charge in [0.05, 0.1) is 12.3 Å². The number of alkyl halides is 2. The van der Waals surface area contributed by atoms with Crippen molar-refractivity contribution in [3.63, 3.8) is 0 Å². The molecular weight excluding hydrogens is 408 g/mol. The number of morpholine rings is 1. The summed E-state index contributed by atoms with van der Waals surface area (Å²) in [6.45, 7) is -1.06. The van der Waals surface area contributed by atoms with Gasteiger partial charge in [-0.25, -0.2) is 4.79 Å². The number of nitrogens with zero attached hydrogens (tertiary/aromatic N) is 1. The Balaban J connectivity index is 2.25. The summed E-state index contributed by atoms with van der Waals surface area (Å²) in [4.78, 5) is 48.8. The number of halogens is 2. The topological polar surface area (TPSA) is 152 Å². The summed E-state index contributed by atoms with van der Waals surface area (Å²) in [5, 5.41) is 6.62.